The minimum absolute atomic E-state index is 0. The monoisotopic (exact) mass is 522 g/mol. The number of nitrogens with one attached hydrogen (secondary N) is 1. The van der Waals surface area contributed by atoms with Crippen molar-refractivity contribution in [2.75, 3.05) is 27.7 Å². The fourth-order valence-corrected chi connectivity index (χ4v) is 4.73. The first kappa shape index (κ1) is 31.0. The molecule has 1 aromatic heterocycles. The standard InChI is InChI=1S/C21H30N4O5S.2ClH/c1-24(2)15-7-5-9-20(21(26)23-27)25(16-17-8-4-6-14-22-17)31(28,29)19-12-10-18(30-3)11-13-19;;/h4,6,8,10-14,20,27H,5,7,9,15-16H2,1-3H3,(H,23,26);2*1H. The molecule has 0 bridgehead atoms. The van der Waals surface area contributed by atoms with Crippen molar-refractivity contribution in [3.05, 3.63) is 54.4 Å². The second-order valence-electron chi connectivity index (χ2n) is 7.34. The van der Waals surface area contributed by atoms with Gasteiger partial charge in [-0.15, -0.1) is 24.8 Å². The van der Waals surface area contributed by atoms with Crippen molar-refractivity contribution >= 4 is 40.7 Å². The first-order chi connectivity index (χ1) is 14.8. The minimum Gasteiger partial charge on any atom is -0.497 e. The molecule has 1 aromatic carbocycles. The number of methoxy groups -OCH3 is 1. The number of carbonyl (C=O) groups excluding carboxylic acids is 1. The Hall–Kier alpha value is -1.95. The summed E-state index contributed by atoms with van der Waals surface area (Å²) in [7, 11) is 1.30. The molecule has 9 nitrogen and oxygen atoms in total. The van der Waals surface area contributed by atoms with E-state index in [0.29, 0.717) is 17.9 Å². The highest BCUT2D eigenvalue weighted by atomic mass is 35.5. The van der Waals surface area contributed by atoms with E-state index >= 15 is 0 Å². The molecule has 0 aliphatic heterocycles. The van der Waals surface area contributed by atoms with Gasteiger partial charge in [-0.1, -0.05) is 12.5 Å². The molecule has 0 saturated carbocycles. The van der Waals surface area contributed by atoms with Crippen molar-refractivity contribution < 1.29 is 23.2 Å². The molecule has 0 aliphatic carbocycles. The zero-order valence-corrected chi connectivity index (χ0v) is 21.3. The predicted molar refractivity (Wildman–Crippen MR) is 131 cm³/mol. The zero-order valence-electron chi connectivity index (χ0n) is 18.9. The lowest BCUT2D eigenvalue weighted by molar-refractivity contribution is -0.133. The average molecular weight is 523 g/mol. The van der Waals surface area contributed by atoms with Crippen molar-refractivity contribution in [3.63, 3.8) is 0 Å². The van der Waals surface area contributed by atoms with Crippen LogP contribution in [0.1, 0.15) is 25.0 Å². The van der Waals surface area contributed by atoms with Gasteiger partial charge in [-0.3, -0.25) is 15.0 Å². The Morgan fingerprint density at radius 1 is 1.12 bits per heavy atom. The maximum atomic E-state index is 13.5. The van der Waals surface area contributed by atoms with Gasteiger partial charge in [-0.2, -0.15) is 4.31 Å². The summed E-state index contributed by atoms with van der Waals surface area (Å²) in [5, 5.41) is 9.31. The molecule has 1 atom stereocenters. The Balaban J connectivity index is 0.00000512. The van der Waals surface area contributed by atoms with Crippen molar-refractivity contribution in [2.24, 2.45) is 0 Å². The van der Waals surface area contributed by atoms with Gasteiger partial charge in [0.25, 0.3) is 5.91 Å². The lowest BCUT2D eigenvalue weighted by Gasteiger charge is -2.29. The zero-order chi connectivity index (χ0) is 22.9. The molecule has 0 saturated heterocycles. The highest BCUT2D eigenvalue weighted by Gasteiger charge is 2.36. The summed E-state index contributed by atoms with van der Waals surface area (Å²) < 4.78 is 33.3. The highest BCUT2D eigenvalue weighted by Crippen LogP contribution is 2.25. The van der Waals surface area contributed by atoms with E-state index in [1.807, 2.05) is 19.0 Å². The van der Waals surface area contributed by atoms with E-state index in [0.717, 1.165) is 17.3 Å². The number of hydrogen-bond donors (Lipinski definition) is 2. The highest BCUT2D eigenvalue weighted by molar-refractivity contribution is 7.89. The number of nitrogens with zero attached hydrogens (tertiary/aromatic N) is 3. The Morgan fingerprint density at radius 3 is 2.30 bits per heavy atom. The first-order valence-corrected chi connectivity index (χ1v) is 11.4. The number of carbonyl (C=O) groups is 1. The number of amides is 1. The Morgan fingerprint density at radius 2 is 1.79 bits per heavy atom. The van der Waals surface area contributed by atoms with E-state index in [1.54, 1.807) is 42.0 Å². The van der Waals surface area contributed by atoms with Crippen molar-refractivity contribution in [1.29, 1.82) is 0 Å². The molecule has 186 valence electrons. The molecule has 1 heterocycles. The van der Waals surface area contributed by atoms with E-state index in [4.69, 9.17) is 4.74 Å². The molecule has 1 unspecified atom stereocenters. The van der Waals surface area contributed by atoms with Gasteiger partial charge in [0, 0.05) is 6.20 Å². The fraction of sp³-hybridized carbons (Fsp3) is 0.429. The Labute approximate surface area is 208 Å². The number of pyridine rings is 1. The maximum Gasteiger partial charge on any atom is 0.261 e. The molecule has 2 rings (SSSR count). The quantitative estimate of drug-likeness (QED) is 0.250. The number of rotatable bonds is 12. The van der Waals surface area contributed by atoms with E-state index < -0.39 is 22.0 Å². The van der Waals surface area contributed by atoms with Crippen LogP contribution >= 0.6 is 24.8 Å². The second kappa shape index (κ2) is 15.0. The number of aromatic nitrogens is 1. The number of halogens is 2. The van der Waals surface area contributed by atoms with Crippen LogP contribution in [-0.2, 0) is 21.4 Å². The van der Waals surface area contributed by atoms with Gasteiger partial charge in [0.1, 0.15) is 11.8 Å². The van der Waals surface area contributed by atoms with Crippen LogP contribution in [0, 0.1) is 0 Å². The van der Waals surface area contributed by atoms with Gasteiger partial charge in [0.2, 0.25) is 10.0 Å². The Bertz CT molecular complexity index is 931. The fourth-order valence-electron chi connectivity index (χ4n) is 3.14. The predicted octanol–water partition coefficient (Wildman–Crippen LogP) is 2.73. The number of hydroxylamine groups is 1. The molecule has 0 radical (unpaired) electrons. The molecule has 2 N–H and O–H groups in total. The normalized spacial score (nSPS) is 11.9. The first-order valence-electron chi connectivity index (χ1n) is 9.94. The molecular formula is C21H32Cl2N4O5S. The summed E-state index contributed by atoms with van der Waals surface area (Å²) in [5.41, 5.74) is 2.12. The topological polar surface area (TPSA) is 112 Å². The van der Waals surface area contributed by atoms with Gasteiger partial charge in [-0.05, 0) is 69.9 Å². The van der Waals surface area contributed by atoms with Gasteiger partial charge in [0.15, 0.2) is 0 Å². The summed E-state index contributed by atoms with van der Waals surface area (Å²) in [6, 6.07) is 10.0. The summed E-state index contributed by atoms with van der Waals surface area (Å²) in [6.45, 7) is 0.694. The number of benzene rings is 1. The van der Waals surface area contributed by atoms with Gasteiger partial charge >= 0.3 is 0 Å². The summed E-state index contributed by atoms with van der Waals surface area (Å²) in [6.07, 6.45) is 3.20. The van der Waals surface area contributed by atoms with Crippen LogP contribution in [0.5, 0.6) is 5.75 Å². The Kier molecular flexibility index (Phi) is 14.2. The van der Waals surface area contributed by atoms with E-state index in [9.17, 15) is 18.4 Å². The molecule has 0 spiro atoms. The number of unbranched alkanes of at least 4 members (excludes halogenated alkanes) is 1. The maximum absolute atomic E-state index is 13.5. The third-order valence-electron chi connectivity index (χ3n) is 4.80. The second-order valence-corrected chi connectivity index (χ2v) is 9.23. The van der Waals surface area contributed by atoms with Crippen LogP contribution in [0.4, 0.5) is 0 Å². The third-order valence-corrected chi connectivity index (χ3v) is 6.67. The minimum atomic E-state index is -4.08. The van der Waals surface area contributed by atoms with E-state index in [1.165, 1.54) is 19.2 Å². The molecule has 12 heteroatoms. The number of ether oxygens (including phenoxy) is 1. The van der Waals surface area contributed by atoms with Crippen LogP contribution in [0.15, 0.2) is 53.6 Å². The molecule has 33 heavy (non-hydrogen) atoms. The van der Waals surface area contributed by atoms with Gasteiger partial charge < -0.3 is 9.64 Å². The number of hydrogen-bond acceptors (Lipinski definition) is 7. The van der Waals surface area contributed by atoms with Crippen molar-refractivity contribution in [3.8, 4) is 5.75 Å². The van der Waals surface area contributed by atoms with Crippen LogP contribution in [0.2, 0.25) is 0 Å². The molecular weight excluding hydrogens is 491 g/mol. The third kappa shape index (κ3) is 9.07. The summed E-state index contributed by atoms with van der Waals surface area (Å²) in [4.78, 5) is 18.8. The summed E-state index contributed by atoms with van der Waals surface area (Å²) in [5.74, 6) is -0.263. The molecule has 2 aromatic rings. The molecule has 0 aliphatic rings. The summed E-state index contributed by atoms with van der Waals surface area (Å²) >= 11 is 0. The smallest absolute Gasteiger partial charge is 0.261 e. The number of sulfonamides is 1. The SMILES string of the molecule is COc1ccc(S(=O)(=O)N(Cc2ccccn2)C(CCCCN(C)C)C(=O)NO)cc1.Cl.Cl. The largest absolute Gasteiger partial charge is 0.497 e. The lowest BCUT2D eigenvalue weighted by atomic mass is 10.1. The molecule has 0 fully saturated rings. The van der Waals surface area contributed by atoms with Gasteiger partial charge in [0.05, 0.1) is 24.2 Å². The van der Waals surface area contributed by atoms with Crippen LogP contribution in [0.3, 0.4) is 0 Å². The van der Waals surface area contributed by atoms with Crippen LogP contribution in [0.25, 0.3) is 0 Å². The lowest BCUT2D eigenvalue weighted by Crippen LogP contribution is -2.48. The van der Waals surface area contributed by atoms with Crippen LogP contribution < -0.4 is 10.2 Å². The van der Waals surface area contributed by atoms with Crippen molar-refractivity contribution in [1.82, 2.24) is 19.7 Å². The van der Waals surface area contributed by atoms with E-state index in [2.05, 4.69) is 4.98 Å². The van der Waals surface area contributed by atoms with E-state index in [-0.39, 0.29) is 42.7 Å². The van der Waals surface area contributed by atoms with Crippen molar-refractivity contribution in [2.45, 2.75) is 36.7 Å². The molecule has 1 amide bonds. The van der Waals surface area contributed by atoms with Gasteiger partial charge in [-0.25, -0.2) is 13.9 Å². The van der Waals surface area contributed by atoms with Crippen LogP contribution in [-0.4, -0.2) is 67.5 Å². The average Bonchev–Trinajstić information content (AvgIpc) is 2.78.